The first-order chi connectivity index (χ1) is 6.79. The Balaban J connectivity index is 4.03. The first kappa shape index (κ1) is 14.4. The van der Waals surface area contributed by atoms with E-state index in [0.29, 0.717) is 6.42 Å². The van der Waals surface area contributed by atoms with Crippen LogP contribution in [-0.4, -0.2) is 35.2 Å². The molecule has 0 radical (unpaired) electrons. The number of amides is 1. The van der Waals surface area contributed by atoms with Crippen molar-refractivity contribution in [1.29, 1.82) is 0 Å². The van der Waals surface area contributed by atoms with Crippen LogP contribution in [0.15, 0.2) is 0 Å². The quantitative estimate of drug-likeness (QED) is 0.611. The van der Waals surface area contributed by atoms with Gasteiger partial charge >= 0.3 is 0 Å². The Morgan fingerprint density at radius 1 is 1.40 bits per heavy atom. The number of carbonyl (C=O) groups excluding carboxylic acids is 1. The van der Waals surface area contributed by atoms with Crippen LogP contribution in [0.3, 0.4) is 0 Å². The van der Waals surface area contributed by atoms with Gasteiger partial charge < -0.3 is 15.7 Å². The lowest BCUT2D eigenvalue weighted by Gasteiger charge is -2.29. The molecule has 0 fully saturated rings. The summed E-state index contributed by atoms with van der Waals surface area (Å²) in [6.45, 7) is 10.1. The lowest BCUT2D eigenvalue weighted by atomic mass is 9.98. The summed E-state index contributed by atoms with van der Waals surface area (Å²) in [5, 5.41) is 15.4. The van der Waals surface area contributed by atoms with Crippen LogP contribution in [0, 0.1) is 0 Å². The zero-order valence-electron chi connectivity index (χ0n) is 10.4. The van der Waals surface area contributed by atoms with Crippen LogP contribution >= 0.6 is 0 Å². The minimum atomic E-state index is -0.566. The van der Waals surface area contributed by atoms with Crippen molar-refractivity contribution in [2.45, 2.75) is 58.7 Å². The van der Waals surface area contributed by atoms with Gasteiger partial charge in [-0.1, -0.05) is 6.92 Å². The van der Waals surface area contributed by atoms with Gasteiger partial charge in [0.2, 0.25) is 5.91 Å². The van der Waals surface area contributed by atoms with E-state index in [4.69, 9.17) is 0 Å². The van der Waals surface area contributed by atoms with Crippen molar-refractivity contribution in [3.05, 3.63) is 0 Å². The van der Waals surface area contributed by atoms with E-state index in [1.165, 1.54) is 0 Å². The molecule has 1 amide bonds. The Bertz CT molecular complexity index is 203. The van der Waals surface area contributed by atoms with Crippen LogP contribution < -0.4 is 10.6 Å². The number of aliphatic hydroxyl groups is 1. The number of nitrogens with one attached hydrogen (secondary N) is 2. The number of carbonyl (C=O) groups is 1. The number of hydrogen-bond acceptors (Lipinski definition) is 3. The molecule has 15 heavy (non-hydrogen) atoms. The fraction of sp³-hybridized carbons (Fsp3) is 0.909. The van der Waals surface area contributed by atoms with Crippen molar-refractivity contribution >= 4 is 5.91 Å². The molecule has 2 unspecified atom stereocenters. The number of aliphatic hydroxyl groups excluding tert-OH is 1. The Morgan fingerprint density at radius 3 is 2.33 bits per heavy atom. The van der Waals surface area contributed by atoms with Crippen LogP contribution in [0.2, 0.25) is 0 Å². The van der Waals surface area contributed by atoms with E-state index in [0.717, 1.165) is 6.54 Å². The molecule has 0 bridgehead atoms. The Labute approximate surface area is 92.4 Å². The maximum absolute atomic E-state index is 11.6. The molecule has 0 aromatic heterocycles. The molecule has 90 valence electrons. The Morgan fingerprint density at radius 2 is 1.93 bits per heavy atom. The first-order valence-electron chi connectivity index (χ1n) is 5.52. The van der Waals surface area contributed by atoms with Gasteiger partial charge in [-0.05, 0) is 34.2 Å². The van der Waals surface area contributed by atoms with Crippen LogP contribution in [0.5, 0.6) is 0 Å². The van der Waals surface area contributed by atoms with Crippen LogP contribution in [0.1, 0.15) is 41.0 Å². The molecule has 0 rings (SSSR count). The molecular weight excluding hydrogens is 192 g/mol. The van der Waals surface area contributed by atoms with E-state index in [1.807, 2.05) is 27.7 Å². The van der Waals surface area contributed by atoms with Gasteiger partial charge in [0.05, 0.1) is 11.6 Å². The summed E-state index contributed by atoms with van der Waals surface area (Å²) in [4.78, 5) is 11.6. The van der Waals surface area contributed by atoms with Gasteiger partial charge in [0.15, 0.2) is 0 Å². The number of rotatable bonds is 6. The zero-order valence-corrected chi connectivity index (χ0v) is 10.4. The molecule has 4 nitrogen and oxygen atoms in total. The van der Waals surface area contributed by atoms with E-state index >= 15 is 0 Å². The summed E-state index contributed by atoms with van der Waals surface area (Å²) in [5.41, 5.74) is -0.566. The first-order valence-corrected chi connectivity index (χ1v) is 5.52. The predicted molar refractivity (Wildman–Crippen MR) is 61.7 cm³/mol. The molecule has 0 aliphatic heterocycles. The summed E-state index contributed by atoms with van der Waals surface area (Å²) < 4.78 is 0. The third-order valence-corrected chi connectivity index (χ3v) is 2.55. The highest BCUT2D eigenvalue weighted by atomic mass is 16.3. The molecule has 0 aromatic rings. The van der Waals surface area contributed by atoms with Crippen LogP contribution in [0.25, 0.3) is 0 Å². The fourth-order valence-electron chi connectivity index (χ4n) is 1.21. The lowest BCUT2D eigenvalue weighted by Crippen LogP contribution is -2.52. The molecule has 0 aliphatic rings. The highest BCUT2D eigenvalue weighted by molar-refractivity contribution is 5.77. The molecular formula is C11H24N2O2. The molecule has 0 saturated heterocycles. The van der Waals surface area contributed by atoms with E-state index in [9.17, 15) is 9.90 Å². The summed E-state index contributed by atoms with van der Waals surface area (Å²) in [7, 11) is 0. The monoisotopic (exact) mass is 216 g/mol. The summed E-state index contributed by atoms with van der Waals surface area (Å²) in [6, 6.07) is 0.166. The maximum Gasteiger partial charge on any atom is 0.222 e. The van der Waals surface area contributed by atoms with E-state index in [2.05, 4.69) is 10.6 Å². The minimum absolute atomic E-state index is 0.0330. The van der Waals surface area contributed by atoms with E-state index in [-0.39, 0.29) is 11.9 Å². The molecule has 0 aliphatic carbocycles. The second-order valence-electron chi connectivity index (χ2n) is 4.61. The van der Waals surface area contributed by atoms with Crippen molar-refractivity contribution in [2.75, 3.05) is 6.54 Å². The van der Waals surface area contributed by atoms with Gasteiger partial charge in [-0.3, -0.25) is 4.79 Å². The SMILES string of the molecule is CCNC(C)CC(=O)NC(C)(C)C(C)O. The van der Waals surface area contributed by atoms with E-state index in [1.54, 1.807) is 6.92 Å². The topological polar surface area (TPSA) is 61.4 Å². The molecule has 2 atom stereocenters. The normalized spacial score (nSPS) is 15.9. The average Bonchev–Trinajstić information content (AvgIpc) is 2.02. The van der Waals surface area contributed by atoms with Crippen molar-refractivity contribution in [3.8, 4) is 0 Å². The lowest BCUT2D eigenvalue weighted by molar-refractivity contribution is -0.124. The smallest absolute Gasteiger partial charge is 0.222 e. The fourth-order valence-corrected chi connectivity index (χ4v) is 1.21. The van der Waals surface area contributed by atoms with Crippen molar-refractivity contribution < 1.29 is 9.90 Å². The standard InChI is InChI=1S/C11H24N2O2/c1-6-12-8(2)7-10(15)13-11(4,5)9(3)14/h8-9,12,14H,6-7H2,1-5H3,(H,13,15). The Hall–Kier alpha value is -0.610. The highest BCUT2D eigenvalue weighted by Gasteiger charge is 2.26. The summed E-state index contributed by atoms with van der Waals surface area (Å²) in [6.07, 6.45) is -0.125. The zero-order chi connectivity index (χ0) is 12.1. The molecule has 0 saturated carbocycles. The molecule has 4 heteroatoms. The van der Waals surface area contributed by atoms with E-state index < -0.39 is 11.6 Å². The van der Waals surface area contributed by atoms with Gasteiger partial charge in [-0.2, -0.15) is 0 Å². The van der Waals surface area contributed by atoms with Crippen LogP contribution in [0.4, 0.5) is 0 Å². The van der Waals surface area contributed by atoms with Crippen molar-refractivity contribution in [2.24, 2.45) is 0 Å². The van der Waals surface area contributed by atoms with Gasteiger partial charge in [-0.15, -0.1) is 0 Å². The van der Waals surface area contributed by atoms with Gasteiger partial charge in [0.25, 0.3) is 0 Å². The third-order valence-electron chi connectivity index (χ3n) is 2.55. The van der Waals surface area contributed by atoms with Crippen molar-refractivity contribution in [3.63, 3.8) is 0 Å². The maximum atomic E-state index is 11.6. The number of hydrogen-bond donors (Lipinski definition) is 3. The average molecular weight is 216 g/mol. The minimum Gasteiger partial charge on any atom is -0.391 e. The third kappa shape index (κ3) is 5.74. The highest BCUT2D eigenvalue weighted by Crippen LogP contribution is 2.08. The Kier molecular flexibility index (Phi) is 5.83. The largest absolute Gasteiger partial charge is 0.391 e. The molecule has 3 N–H and O–H groups in total. The predicted octanol–water partition coefficient (Wildman–Crippen LogP) is 0.650. The van der Waals surface area contributed by atoms with Gasteiger partial charge in [0.1, 0.15) is 0 Å². The van der Waals surface area contributed by atoms with Crippen LogP contribution in [-0.2, 0) is 4.79 Å². The molecule has 0 aromatic carbocycles. The summed E-state index contributed by atoms with van der Waals surface area (Å²) >= 11 is 0. The second-order valence-corrected chi connectivity index (χ2v) is 4.61. The van der Waals surface area contributed by atoms with Gasteiger partial charge in [0, 0.05) is 12.5 Å². The molecule has 0 heterocycles. The second kappa shape index (κ2) is 6.08. The van der Waals surface area contributed by atoms with Crippen molar-refractivity contribution in [1.82, 2.24) is 10.6 Å². The molecule has 0 spiro atoms. The van der Waals surface area contributed by atoms with Gasteiger partial charge in [-0.25, -0.2) is 0 Å². The summed E-state index contributed by atoms with van der Waals surface area (Å²) in [5.74, 6) is -0.0330.